The van der Waals surface area contributed by atoms with Gasteiger partial charge in [-0.1, -0.05) is 0 Å². The van der Waals surface area contributed by atoms with E-state index in [-0.39, 0.29) is 17.6 Å². The van der Waals surface area contributed by atoms with Crippen LogP contribution in [-0.4, -0.2) is 75.0 Å². The number of sulfonamides is 1. The summed E-state index contributed by atoms with van der Waals surface area (Å²) in [5.41, 5.74) is 5.32. The van der Waals surface area contributed by atoms with Crippen molar-refractivity contribution in [1.29, 1.82) is 0 Å². The Labute approximate surface area is 151 Å². The fraction of sp³-hybridized carbons (Fsp3) is 0.875. The van der Waals surface area contributed by atoms with E-state index in [4.69, 9.17) is 5.73 Å². The van der Waals surface area contributed by atoms with E-state index in [1.165, 1.54) is 4.31 Å². The molecule has 9 heteroatoms. The minimum absolute atomic E-state index is 0.116. The smallest absolute Gasteiger partial charge is 0.217 e. The molecule has 0 aromatic rings. The fourth-order valence-corrected chi connectivity index (χ4v) is 3.82. The summed E-state index contributed by atoms with van der Waals surface area (Å²) in [5.74, 6) is 0.965. The Morgan fingerprint density at radius 3 is 2.72 bits per heavy atom. The fourth-order valence-electron chi connectivity index (χ4n) is 2.97. The molecule has 25 heavy (non-hydrogen) atoms. The second-order valence-corrected chi connectivity index (χ2v) is 8.80. The number of hydrogen-bond donors (Lipinski definition) is 2. The second kappa shape index (κ2) is 10.6. The summed E-state index contributed by atoms with van der Waals surface area (Å²) < 4.78 is 24.9. The number of likely N-dealkylation sites (tertiary alicyclic amines) is 1. The van der Waals surface area contributed by atoms with E-state index in [9.17, 15) is 13.2 Å². The molecule has 146 valence electrons. The van der Waals surface area contributed by atoms with E-state index < -0.39 is 10.0 Å². The lowest BCUT2D eigenvalue weighted by Gasteiger charge is -2.34. The summed E-state index contributed by atoms with van der Waals surface area (Å²) in [5, 5.41) is 3.28. The van der Waals surface area contributed by atoms with Crippen LogP contribution in [0.5, 0.6) is 0 Å². The number of carbonyl (C=O) groups excluding carboxylic acids is 1. The van der Waals surface area contributed by atoms with Gasteiger partial charge in [-0.25, -0.2) is 12.7 Å². The normalized spacial score (nSPS) is 19.3. The number of hydrogen-bond acceptors (Lipinski definition) is 4. The molecule has 1 saturated heterocycles. The summed E-state index contributed by atoms with van der Waals surface area (Å²) >= 11 is 0. The zero-order valence-electron chi connectivity index (χ0n) is 15.7. The van der Waals surface area contributed by atoms with E-state index in [2.05, 4.69) is 15.2 Å². The minimum atomic E-state index is -3.13. The highest BCUT2D eigenvalue weighted by atomic mass is 32.2. The van der Waals surface area contributed by atoms with Gasteiger partial charge in [-0.2, -0.15) is 0 Å². The summed E-state index contributed by atoms with van der Waals surface area (Å²) in [7, 11) is -1.53. The van der Waals surface area contributed by atoms with Crippen LogP contribution in [0.15, 0.2) is 4.99 Å². The SMILES string of the molecule is CCNC(=NCCCN(C)S(=O)(=O)CC)N1CCCC(CC(N)=O)C1. The molecule has 0 bridgehead atoms. The van der Waals surface area contributed by atoms with Crippen molar-refractivity contribution < 1.29 is 13.2 Å². The van der Waals surface area contributed by atoms with Crippen molar-refractivity contribution in [2.45, 2.75) is 39.5 Å². The molecule has 1 aliphatic heterocycles. The number of rotatable bonds is 9. The average Bonchev–Trinajstić information content (AvgIpc) is 2.57. The highest BCUT2D eigenvalue weighted by Crippen LogP contribution is 2.19. The lowest BCUT2D eigenvalue weighted by Crippen LogP contribution is -2.47. The molecule has 1 amide bonds. The van der Waals surface area contributed by atoms with Crippen LogP contribution in [0.4, 0.5) is 0 Å². The van der Waals surface area contributed by atoms with Crippen molar-refractivity contribution >= 4 is 21.9 Å². The van der Waals surface area contributed by atoms with Crippen molar-refractivity contribution in [1.82, 2.24) is 14.5 Å². The number of guanidine groups is 1. The molecule has 3 N–H and O–H groups in total. The van der Waals surface area contributed by atoms with E-state index in [0.29, 0.717) is 25.9 Å². The van der Waals surface area contributed by atoms with Crippen molar-refractivity contribution in [3.05, 3.63) is 0 Å². The van der Waals surface area contributed by atoms with Crippen molar-refractivity contribution in [3.8, 4) is 0 Å². The van der Waals surface area contributed by atoms with Crippen molar-refractivity contribution in [2.75, 3.05) is 45.5 Å². The average molecular weight is 376 g/mol. The summed E-state index contributed by atoms with van der Waals surface area (Å²) in [6.07, 6.45) is 3.11. The van der Waals surface area contributed by atoms with E-state index in [1.54, 1.807) is 14.0 Å². The van der Waals surface area contributed by atoms with Crippen LogP contribution in [0.3, 0.4) is 0 Å². The van der Waals surface area contributed by atoms with Gasteiger partial charge in [0.25, 0.3) is 0 Å². The Morgan fingerprint density at radius 1 is 1.40 bits per heavy atom. The Kier molecular flexibility index (Phi) is 9.20. The Bertz CT molecular complexity index is 550. The first-order valence-electron chi connectivity index (χ1n) is 9.05. The molecule has 0 aliphatic carbocycles. The van der Waals surface area contributed by atoms with Gasteiger partial charge in [0.15, 0.2) is 5.96 Å². The maximum Gasteiger partial charge on any atom is 0.217 e. The molecule has 1 aliphatic rings. The molecule has 0 aromatic carbocycles. The van der Waals surface area contributed by atoms with E-state index in [0.717, 1.165) is 38.4 Å². The minimum Gasteiger partial charge on any atom is -0.370 e. The highest BCUT2D eigenvalue weighted by molar-refractivity contribution is 7.89. The second-order valence-electron chi connectivity index (χ2n) is 6.44. The summed E-state index contributed by atoms with van der Waals surface area (Å²) in [6, 6.07) is 0. The third-order valence-corrected chi connectivity index (χ3v) is 6.24. The van der Waals surface area contributed by atoms with Crippen LogP contribution in [0.1, 0.15) is 39.5 Å². The van der Waals surface area contributed by atoms with Crippen LogP contribution in [-0.2, 0) is 14.8 Å². The molecule has 1 heterocycles. The predicted molar refractivity (Wildman–Crippen MR) is 101 cm³/mol. The van der Waals surface area contributed by atoms with Gasteiger partial charge < -0.3 is 16.0 Å². The lowest BCUT2D eigenvalue weighted by atomic mass is 9.95. The van der Waals surface area contributed by atoms with Crippen LogP contribution in [0, 0.1) is 5.92 Å². The van der Waals surface area contributed by atoms with Gasteiger partial charge in [-0.05, 0) is 39.0 Å². The predicted octanol–water partition coefficient (Wildman–Crippen LogP) is 0.211. The van der Waals surface area contributed by atoms with Crippen molar-refractivity contribution in [3.63, 3.8) is 0 Å². The molecule has 1 fully saturated rings. The number of aliphatic imine (C=N–C) groups is 1. The quantitative estimate of drug-likeness (QED) is 0.340. The number of nitrogens with two attached hydrogens (primary N) is 1. The maximum atomic E-state index is 11.7. The summed E-state index contributed by atoms with van der Waals surface area (Å²) in [4.78, 5) is 18.0. The van der Waals surface area contributed by atoms with Gasteiger partial charge in [0, 0.05) is 46.2 Å². The maximum absolute atomic E-state index is 11.7. The number of nitrogens with one attached hydrogen (secondary N) is 1. The zero-order valence-corrected chi connectivity index (χ0v) is 16.5. The molecule has 0 aromatic heterocycles. The van der Waals surface area contributed by atoms with Gasteiger partial charge in [0.2, 0.25) is 15.9 Å². The molecule has 0 spiro atoms. The molecular formula is C16H33N5O3S. The Hall–Kier alpha value is -1.35. The van der Waals surface area contributed by atoms with Gasteiger partial charge in [-0.3, -0.25) is 9.79 Å². The van der Waals surface area contributed by atoms with Crippen LogP contribution < -0.4 is 11.1 Å². The number of nitrogens with zero attached hydrogens (tertiary/aromatic N) is 3. The van der Waals surface area contributed by atoms with Gasteiger partial charge in [-0.15, -0.1) is 0 Å². The molecule has 1 rings (SSSR count). The molecule has 1 atom stereocenters. The largest absolute Gasteiger partial charge is 0.370 e. The standard InChI is InChI=1S/C16H33N5O3S/c1-4-18-16(19-9-7-10-20(3)25(23,24)5-2)21-11-6-8-14(13-21)12-15(17)22/h14H,4-13H2,1-3H3,(H2,17,22)(H,18,19). The first-order valence-corrected chi connectivity index (χ1v) is 10.7. The van der Waals surface area contributed by atoms with Crippen LogP contribution >= 0.6 is 0 Å². The van der Waals surface area contributed by atoms with Gasteiger partial charge in [0.1, 0.15) is 0 Å². The van der Waals surface area contributed by atoms with Gasteiger partial charge >= 0.3 is 0 Å². The molecule has 1 unspecified atom stereocenters. The van der Waals surface area contributed by atoms with Crippen molar-refractivity contribution in [2.24, 2.45) is 16.6 Å². The monoisotopic (exact) mass is 375 g/mol. The molecular weight excluding hydrogens is 342 g/mol. The number of piperidine rings is 1. The number of amides is 1. The van der Waals surface area contributed by atoms with E-state index >= 15 is 0 Å². The molecule has 0 saturated carbocycles. The Balaban J connectivity index is 2.57. The summed E-state index contributed by atoms with van der Waals surface area (Å²) in [6.45, 7) is 7.13. The third-order valence-electron chi connectivity index (χ3n) is 4.38. The third kappa shape index (κ3) is 7.60. The van der Waals surface area contributed by atoms with E-state index in [1.807, 2.05) is 6.92 Å². The van der Waals surface area contributed by atoms with Crippen LogP contribution in [0.2, 0.25) is 0 Å². The molecule has 0 radical (unpaired) electrons. The zero-order chi connectivity index (χ0) is 18.9. The van der Waals surface area contributed by atoms with Crippen LogP contribution in [0.25, 0.3) is 0 Å². The first-order chi connectivity index (χ1) is 11.8. The highest BCUT2D eigenvalue weighted by Gasteiger charge is 2.23. The molecule has 8 nitrogen and oxygen atoms in total. The topological polar surface area (TPSA) is 108 Å². The first kappa shape index (κ1) is 21.7. The number of primary amides is 1. The van der Waals surface area contributed by atoms with Gasteiger partial charge in [0.05, 0.1) is 5.75 Å². The lowest BCUT2D eigenvalue weighted by molar-refractivity contribution is -0.119. The number of carbonyl (C=O) groups is 1. The Morgan fingerprint density at radius 2 is 2.12 bits per heavy atom.